The Bertz CT molecular complexity index is 990. The molecule has 2 N–H and O–H groups in total. The van der Waals surface area contributed by atoms with Gasteiger partial charge in [-0.25, -0.2) is 9.19 Å². The van der Waals surface area contributed by atoms with Gasteiger partial charge in [0.15, 0.2) is 5.43 Å². The van der Waals surface area contributed by atoms with Crippen molar-refractivity contribution in [2.45, 2.75) is 18.9 Å². The second-order valence-corrected chi connectivity index (χ2v) is 6.02. The molecule has 8 heteroatoms. The topological polar surface area (TPSA) is 97.2 Å². The zero-order valence-electron chi connectivity index (χ0n) is 12.8. The highest BCUT2D eigenvalue weighted by Crippen LogP contribution is 2.22. The van der Waals surface area contributed by atoms with Gasteiger partial charge in [-0.1, -0.05) is 0 Å². The molecule has 0 aliphatic carbocycles. The van der Waals surface area contributed by atoms with Crippen molar-refractivity contribution in [3.05, 3.63) is 45.7 Å². The number of imidazole rings is 1. The summed E-state index contributed by atoms with van der Waals surface area (Å²) in [6.07, 6.45) is 1.51. The van der Waals surface area contributed by atoms with Crippen LogP contribution in [0.5, 0.6) is 5.75 Å². The number of benzene rings is 1. The van der Waals surface area contributed by atoms with E-state index in [1.165, 1.54) is 17.7 Å². The fourth-order valence-electron chi connectivity index (χ4n) is 2.47. The maximum absolute atomic E-state index is 12.0. The van der Waals surface area contributed by atoms with Gasteiger partial charge in [-0.15, -0.1) is 0 Å². The minimum atomic E-state index is -2.32. The summed E-state index contributed by atoms with van der Waals surface area (Å²) < 4.78 is 27.9. The Kier molecular flexibility index (Phi) is 3.78. The van der Waals surface area contributed by atoms with Crippen LogP contribution in [0.25, 0.3) is 17.0 Å². The average Bonchev–Trinajstić information content (AvgIpc) is 2.94. The molecule has 23 heavy (non-hydrogen) atoms. The molecule has 0 amide bonds. The molecule has 0 spiro atoms. The van der Waals surface area contributed by atoms with E-state index < -0.39 is 11.1 Å². The SMILES string of the molecule is COc1ccc2nc(-n3cc(C)c(=O)c(C)c3S(=O)O)[nH]c2c1. The quantitative estimate of drug-likeness (QED) is 0.714. The van der Waals surface area contributed by atoms with E-state index in [1.54, 1.807) is 32.2 Å². The molecule has 120 valence electrons. The Morgan fingerprint density at radius 3 is 2.74 bits per heavy atom. The standard InChI is InChI=1S/C15H15N3O4S/c1-8-7-18(14(23(20)21)9(2)13(8)19)15-16-11-5-4-10(22-3)6-12(11)17-15/h4-7H,1-3H3,(H,16,17)(H,20,21). The Hall–Kier alpha value is -2.45. The monoisotopic (exact) mass is 333 g/mol. The largest absolute Gasteiger partial charge is 0.497 e. The lowest BCUT2D eigenvalue weighted by molar-refractivity contribution is 0.415. The van der Waals surface area contributed by atoms with Crippen LogP contribution in [0.4, 0.5) is 0 Å². The van der Waals surface area contributed by atoms with E-state index in [-0.39, 0.29) is 16.0 Å². The molecule has 0 aliphatic heterocycles. The first-order valence-electron chi connectivity index (χ1n) is 6.80. The third-order valence-electron chi connectivity index (χ3n) is 3.63. The van der Waals surface area contributed by atoms with E-state index >= 15 is 0 Å². The number of aromatic amines is 1. The Morgan fingerprint density at radius 2 is 2.09 bits per heavy atom. The number of nitrogens with zero attached hydrogens (tertiary/aromatic N) is 2. The molecule has 1 atom stereocenters. The first kappa shape index (κ1) is 15.4. The van der Waals surface area contributed by atoms with Crippen molar-refractivity contribution in [1.29, 1.82) is 0 Å². The molecule has 0 saturated carbocycles. The van der Waals surface area contributed by atoms with Gasteiger partial charge in [0.05, 0.1) is 18.1 Å². The number of aromatic nitrogens is 3. The number of methoxy groups -OCH3 is 1. The van der Waals surface area contributed by atoms with Crippen LogP contribution in [0.1, 0.15) is 11.1 Å². The Morgan fingerprint density at radius 1 is 1.35 bits per heavy atom. The zero-order chi connectivity index (χ0) is 16.7. The molecule has 0 aliphatic rings. The molecule has 0 fully saturated rings. The van der Waals surface area contributed by atoms with Crippen LogP contribution >= 0.6 is 0 Å². The molecule has 7 nitrogen and oxygen atoms in total. The lowest BCUT2D eigenvalue weighted by Gasteiger charge is -2.11. The first-order chi connectivity index (χ1) is 10.9. The molecule has 2 aromatic heterocycles. The van der Waals surface area contributed by atoms with Crippen molar-refractivity contribution in [2.75, 3.05) is 7.11 Å². The van der Waals surface area contributed by atoms with Gasteiger partial charge >= 0.3 is 0 Å². The van der Waals surface area contributed by atoms with Gasteiger partial charge in [0.2, 0.25) is 17.0 Å². The van der Waals surface area contributed by atoms with Crippen LogP contribution in [0, 0.1) is 13.8 Å². The van der Waals surface area contributed by atoms with Crippen LogP contribution in [0.15, 0.2) is 34.2 Å². The molecule has 0 saturated heterocycles. The summed E-state index contributed by atoms with van der Waals surface area (Å²) in [7, 11) is 1.57. The summed E-state index contributed by atoms with van der Waals surface area (Å²) >= 11 is -2.32. The van der Waals surface area contributed by atoms with Crippen molar-refractivity contribution in [1.82, 2.24) is 14.5 Å². The lowest BCUT2D eigenvalue weighted by atomic mass is 10.2. The fourth-order valence-corrected chi connectivity index (χ4v) is 3.14. The van der Waals surface area contributed by atoms with Gasteiger partial charge in [-0.2, -0.15) is 0 Å². The molecule has 3 rings (SSSR count). The maximum Gasteiger partial charge on any atom is 0.213 e. The summed E-state index contributed by atoms with van der Waals surface area (Å²) in [5, 5.41) is 0.00613. The number of nitrogens with one attached hydrogen (secondary N) is 1. The first-order valence-corrected chi connectivity index (χ1v) is 7.91. The zero-order valence-corrected chi connectivity index (χ0v) is 13.6. The maximum atomic E-state index is 12.0. The molecule has 1 unspecified atom stereocenters. The highest BCUT2D eigenvalue weighted by molar-refractivity contribution is 7.79. The highest BCUT2D eigenvalue weighted by Gasteiger charge is 2.18. The molecule has 2 heterocycles. The molecule has 0 radical (unpaired) electrons. The van der Waals surface area contributed by atoms with E-state index in [1.807, 2.05) is 0 Å². The number of fused-ring (bicyclic) bond motifs is 1. The van der Waals surface area contributed by atoms with Gasteiger partial charge in [-0.05, 0) is 26.0 Å². The molecule has 0 bridgehead atoms. The number of pyridine rings is 1. The summed E-state index contributed by atoms with van der Waals surface area (Å²) in [5.74, 6) is 1.03. The van der Waals surface area contributed by atoms with E-state index in [9.17, 15) is 13.6 Å². The number of rotatable bonds is 3. The van der Waals surface area contributed by atoms with Crippen LogP contribution in [-0.4, -0.2) is 30.4 Å². The third-order valence-corrected chi connectivity index (χ3v) is 4.46. The Balaban J connectivity index is 2.30. The van der Waals surface area contributed by atoms with Crippen molar-refractivity contribution >= 4 is 22.1 Å². The fraction of sp³-hybridized carbons (Fsp3) is 0.200. The third kappa shape index (κ3) is 2.55. The minimum absolute atomic E-state index is 0.00613. The average molecular weight is 333 g/mol. The number of hydrogen-bond acceptors (Lipinski definition) is 4. The number of aryl methyl sites for hydroxylation is 1. The predicted molar refractivity (Wildman–Crippen MR) is 86.8 cm³/mol. The van der Waals surface area contributed by atoms with Gasteiger partial charge < -0.3 is 14.3 Å². The van der Waals surface area contributed by atoms with E-state index in [2.05, 4.69) is 9.97 Å². The van der Waals surface area contributed by atoms with Crippen molar-refractivity contribution in [3.63, 3.8) is 0 Å². The molecule has 3 aromatic rings. The molecule has 1 aromatic carbocycles. The van der Waals surface area contributed by atoms with Crippen molar-refractivity contribution < 1.29 is 13.5 Å². The van der Waals surface area contributed by atoms with E-state index in [4.69, 9.17) is 4.74 Å². The van der Waals surface area contributed by atoms with Gasteiger partial charge in [0, 0.05) is 23.4 Å². The molecular weight excluding hydrogens is 318 g/mol. The van der Waals surface area contributed by atoms with Crippen LogP contribution in [-0.2, 0) is 11.1 Å². The van der Waals surface area contributed by atoms with Gasteiger partial charge in [0.25, 0.3) is 0 Å². The summed E-state index contributed by atoms with van der Waals surface area (Å²) in [6.45, 7) is 3.18. The smallest absolute Gasteiger partial charge is 0.213 e. The lowest BCUT2D eigenvalue weighted by Crippen LogP contribution is -2.19. The van der Waals surface area contributed by atoms with Crippen LogP contribution < -0.4 is 10.2 Å². The van der Waals surface area contributed by atoms with Crippen molar-refractivity contribution in [3.8, 4) is 11.7 Å². The summed E-state index contributed by atoms with van der Waals surface area (Å²) in [6, 6.07) is 5.34. The number of ether oxygens (including phenoxy) is 1. The minimum Gasteiger partial charge on any atom is -0.497 e. The van der Waals surface area contributed by atoms with Gasteiger partial charge in [-0.3, -0.25) is 9.36 Å². The summed E-state index contributed by atoms with van der Waals surface area (Å²) in [4.78, 5) is 19.5. The highest BCUT2D eigenvalue weighted by atomic mass is 32.2. The second-order valence-electron chi connectivity index (χ2n) is 5.13. The second kappa shape index (κ2) is 5.64. The molecular formula is C15H15N3O4S. The van der Waals surface area contributed by atoms with Gasteiger partial charge in [0.1, 0.15) is 10.8 Å². The number of H-pyrrole nitrogens is 1. The Labute approximate surface area is 134 Å². The van der Waals surface area contributed by atoms with Crippen molar-refractivity contribution in [2.24, 2.45) is 0 Å². The van der Waals surface area contributed by atoms with Crippen LogP contribution in [0.2, 0.25) is 0 Å². The van der Waals surface area contributed by atoms with E-state index in [0.29, 0.717) is 22.8 Å². The number of hydrogen-bond donors (Lipinski definition) is 2. The normalized spacial score (nSPS) is 12.5. The predicted octanol–water partition coefficient (Wildman–Crippen LogP) is 1.92. The van der Waals surface area contributed by atoms with E-state index in [0.717, 1.165) is 5.52 Å². The van der Waals surface area contributed by atoms with Crippen LogP contribution in [0.3, 0.4) is 0 Å². The summed E-state index contributed by atoms with van der Waals surface area (Å²) in [5.41, 5.74) is 1.85.